The molecule has 0 saturated carbocycles. The fourth-order valence-electron chi connectivity index (χ4n) is 1.40. The van der Waals surface area contributed by atoms with E-state index in [1.54, 1.807) is 6.92 Å². The standard InChI is InChI=1S/C12H16N4O4/c1-7(11(19)13-2)15-12(20)16-9-4-3-8(14-6-9)5-10(17)18/h3-4,6-7H,5H2,1-2H3,(H,13,19)(H,17,18)(H2,15,16,20). The third-order valence-electron chi connectivity index (χ3n) is 2.40. The second-order valence-corrected chi connectivity index (χ2v) is 4.04. The van der Waals surface area contributed by atoms with E-state index in [0.717, 1.165) is 0 Å². The number of carbonyl (C=O) groups excluding carboxylic acids is 2. The van der Waals surface area contributed by atoms with Crippen LogP contribution in [0.4, 0.5) is 10.5 Å². The number of aromatic nitrogens is 1. The van der Waals surface area contributed by atoms with Gasteiger partial charge in [0.25, 0.3) is 0 Å². The first-order chi connectivity index (χ1) is 9.42. The molecule has 0 fully saturated rings. The number of rotatable bonds is 5. The van der Waals surface area contributed by atoms with Crippen LogP contribution in [-0.4, -0.2) is 41.1 Å². The number of likely N-dealkylation sites (N-methyl/N-ethyl adjacent to an activating group) is 1. The van der Waals surface area contributed by atoms with Crippen LogP contribution in [0.25, 0.3) is 0 Å². The number of nitrogens with one attached hydrogen (secondary N) is 3. The number of carboxylic acids is 1. The molecule has 1 aromatic rings. The van der Waals surface area contributed by atoms with Gasteiger partial charge in [-0.25, -0.2) is 4.79 Å². The number of nitrogens with zero attached hydrogens (tertiary/aromatic N) is 1. The van der Waals surface area contributed by atoms with Gasteiger partial charge in [0.15, 0.2) is 0 Å². The van der Waals surface area contributed by atoms with Crippen LogP contribution in [0.2, 0.25) is 0 Å². The van der Waals surface area contributed by atoms with Gasteiger partial charge in [0.1, 0.15) is 6.04 Å². The molecule has 8 nitrogen and oxygen atoms in total. The van der Waals surface area contributed by atoms with Crippen LogP contribution in [0.15, 0.2) is 18.3 Å². The minimum Gasteiger partial charge on any atom is -0.481 e. The molecule has 1 heterocycles. The summed E-state index contributed by atoms with van der Waals surface area (Å²) in [6.07, 6.45) is 1.17. The van der Waals surface area contributed by atoms with Crippen molar-refractivity contribution >= 4 is 23.6 Å². The average Bonchev–Trinajstić information content (AvgIpc) is 2.39. The van der Waals surface area contributed by atoms with Gasteiger partial charge in [0.2, 0.25) is 5.91 Å². The summed E-state index contributed by atoms with van der Waals surface area (Å²) in [6, 6.07) is 1.83. The van der Waals surface area contributed by atoms with Crippen LogP contribution in [0.1, 0.15) is 12.6 Å². The zero-order chi connectivity index (χ0) is 15.1. The van der Waals surface area contributed by atoms with Crippen molar-refractivity contribution in [3.05, 3.63) is 24.0 Å². The largest absolute Gasteiger partial charge is 0.481 e. The van der Waals surface area contributed by atoms with Crippen molar-refractivity contribution in [2.75, 3.05) is 12.4 Å². The first-order valence-corrected chi connectivity index (χ1v) is 5.88. The Hall–Kier alpha value is -2.64. The number of carboxylic acid groups (broad SMARTS) is 1. The molecule has 0 spiro atoms. The Morgan fingerprint density at radius 2 is 2.05 bits per heavy atom. The van der Waals surface area contributed by atoms with E-state index in [1.165, 1.54) is 25.4 Å². The summed E-state index contributed by atoms with van der Waals surface area (Å²) in [6.45, 7) is 1.55. The number of carbonyl (C=O) groups is 3. The van der Waals surface area contributed by atoms with Gasteiger partial charge < -0.3 is 21.1 Å². The van der Waals surface area contributed by atoms with E-state index in [-0.39, 0.29) is 12.3 Å². The van der Waals surface area contributed by atoms with Gasteiger partial charge in [-0.05, 0) is 19.1 Å². The Morgan fingerprint density at radius 1 is 1.35 bits per heavy atom. The molecule has 0 bridgehead atoms. The maximum atomic E-state index is 11.6. The summed E-state index contributed by atoms with van der Waals surface area (Å²) in [5.41, 5.74) is 0.794. The van der Waals surface area contributed by atoms with Crippen molar-refractivity contribution in [1.29, 1.82) is 0 Å². The van der Waals surface area contributed by atoms with E-state index in [9.17, 15) is 14.4 Å². The predicted molar refractivity (Wildman–Crippen MR) is 71.3 cm³/mol. The fraction of sp³-hybridized carbons (Fsp3) is 0.333. The Labute approximate surface area is 115 Å². The lowest BCUT2D eigenvalue weighted by Gasteiger charge is -2.13. The molecular formula is C12H16N4O4. The zero-order valence-electron chi connectivity index (χ0n) is 11.1. The molecule has 8 heteroatoms. The fourth-order valence-corrected chi connectivity index (χ4v) is 1.40. The summed E-state index contributed by atoms with van der Waals surface area (Å²) in [7, 11) is 1.48. The third kappa shape index (κ3) is 4.92. The molecule has 108 valence electrons. The monoisotopic (exact) mass is 280 g/mol. The molecule has 0 radical (unpaired) electrons. The van der Waals surface area contributed by atoms with Crippen LogP contribution < -0.4 is 16.0 Å². The van der Waals surface area contributed by atoms with E-state index in [1.807, 2.05) is 0 Å². The van der Waals surface area contributed by atoms with Gasteiger partial charge in [0.05, 0.1) is 24.0 Å². The number of anilines is 1. The van der Waals surface area contributed by atoms with Gasteiger partial charge in [-0.15, -0.1) is 0 Å². The third-order valence-corrected chi connectivity index (χ3v) is 2.40. The molecule has 0 saturated heterocycles. The molecule has 1 atom stereocenters. The summed E-state index contributed by atoms with van der Waals surface area (Å²) in [5.74, 6) is -1.29. The van der Waals surface area contributed by atoms with Crippen LogP contribution in [0.3, 0.4) is 0 Å². The molecular weight excluding hydrogens is 264 g/mol. The molecule has 0 aliphatic heterocycles. The van der Waals surface area contributed by atoms with Crippen LogP contribution >= 0.6 is 0 Å². The molecule has 1 rings (SSSR count). The lowest BCUT2D eigenvalue weighted by Crippen LogP contribution is -2.45. The van der Waals surface area contributed by atoms with Gasteiger partial charge >= 0.3 is 12.0 Å². The number of hydrogen-bond donors (Lipinski definition) is 4. The number of hydrogen-bond acceptors (Lipinski definition) is 4. The van der Waals surface area contributed by atoms with E-state index in [2.05, 4.69) is 20.9 Å². The quantitative estimate of drug-likeness (QED) is 0.603. The zero-order valence-corrected chi connectivity index (χ0v) is 11.1. The van der Waals surface area contributed by atoms with E-state index in [4.69, 9.17) is 5.11 Å². The van der Waals surface area contributed by atoms with Crippen molar-refractivity contribution in [3.63, 3.8) is 0 Å². The number of pyridine rings is 1. The summed E-state index contributed by atoms with van der Waals surface area (Å²) in [5, 5.41) is 15.9. The van der Waals surface area contributed by atoms with Gasteiger partial charge in [-0.1, -0.05) is 0 Å². The molecule has 0 aromatic carbocycles. The van der Waals surface area contributed by atoms with Crippen LogP contribution in [-0.2, 0) is 16.0 Å². The molecule has 1 unspecified atom stereocenters. The molecule has 4 N–H and O–H groups in total. The van der Waals surface area contributed by atoms with Crippen LogP contribution in [0, 0.1) is 0 Å². The second kappa shape index (κ2) is 7.07. The van der Waals surface area contributed by atoms with Gasteiger partial charge in [-0.2, -0.15) is 0 Å². The van der Waals surface area contributed by atoms with Gasteiger partial charge in [-0.3, -0.25) is 14.6 Å². The molecule has 0 aliphatic rings. The van der Waals surface area contributed by atoms with Crippen LogP contribution in [0.5, 0.6) is 0 Å². The van der Waals surface area contributed by atoms with E-state index >= 15 is 0 Å². The maximum absolute atomic E-state index is 11.6. The van der Waals surface area contributed by atoms with Crippen molar-refractivity contribution in [3.8, 4) is 0 Å². The smallest absolute Gasteiger partial charge is 0.319 e. The number of amides is 3. The molecule has 3 amide bonds. The first kappa shape index (κ1) is 15.4. The Morgan fingerprint density at radius 3 is 2.55 bits per heavy atom. The second-order valence-electron chi connectivity index (χ2n) is 4.04. The van der Waals surface area contributed by atoms with Gasteiger partial charge in [0, 0.05) is 7.05 Å². The maximum Gasteiger partial charge on any atom is 0.319 e. The lowest BCUT2D eigenvalue weighted by atomic mass is 10.2. The normalized spacial score (nSPS) is 11.3. The van der Waals surface area contributed by atoms with E-state index < -0.39 is 18.0 Å². The highest BCUT2D eigenvalue weighted by atomic mass is 16.4. The Kier molecular flexibility index (Phi) is 5.45. The minimum absolute atomic E-state index is 0.180. The Bertz CT molecular complexity index is 501. The highest BCUT2D eigenvalue weighted by molar-refractivity contribution is 5.93. The minimum atomic E-state index is -0.977. The summed E-state index contributed by atoms with van der Waals surface area (Å²) < 4.78 is 0. The molecule has 20 heavy (non-hydrogen) atoms. The van der Waals surface area contributed by atoms with Crippen molar-refractivity contribution in [2.45, 2.75) is 19.4 Å². The SMILES string of the molecule is CNC(=O)C(C)NC(=O)Nc1ccc(CC(=O)O)nc1. The first-order valence-electron chi connectivity index (χ1n) is 5.88. The average molecular weight is 280 g/mol. The lowest BCUT2D eigenvalue weighted by molar-refractivity contribution is -0.136. The predicted octanol–water partition coefficient (Wildman–Crippen LogP) is -0.0353. The number of aliphatic carboxylic acids is 1. The van der Waals surface area contributed by atoms with Crippen molar-refractivity contribution < 1.29 is 19.5 Å². The highest BCUT2D eigenvalue weighted by Gasteiger charge is 2.13. The molecule has 1 aromatic heterocycles. The van der Waals surface area contributed by atoms with Crippen molar-refractivity contribution in [1.82, 2.24) is 15.6 Å². The summed E-state index contributed by atoms with van der Waals surface area (Å²) in [4.78, 5) is 37.2. The molecule has 0 aliphatic carbocycles. The number of urea groups is 1. The summed E-state index contributed by atoms with van der Waals surface area (Å²) >= 11 is 0. The topological polar surface area (TPSA) is 120 Å². The van der Waals surface area contributed by atoms with E-state index in [0.29, 0.717) is 11.4 Å². The Balaban J connectivity index is 2.54. The van der Waals surface area contributed by atoms with Crippen molar-refractivity contribution in [2.24, 2.45) is 0 Å². The highest BCUT2D eigenvalue weighted by Crippen LogP contribution is 2.06.